The summed E-state index contributed by atoms with van der Waals surface area (Å²) in [5, 5.41) is 14.4. The smallest absolute Gasteiger partial charge is 0.122 e. The van der Waals surface area contributed by atoms with E-state index < -0.39 is 0 Å². The van der Waals surface area contributed by atoms with Gasteiger partial charge < -0.3 is 9.84 Å². The van der Waals surface area contributed by atoms with Gasteiger partial charge in [0.15, 0.2) is 0 Å². The van der Waals surface area contributed by atoms with Crippen LogP contribution in [0, 0.1) is 27.7 Å². The van der Waals surface area contributed by atoms with E-state index in [9.17, 15) is 5.11 Å². The summed E-state index contributed by atoms with van der Waals surface area (Å²) < 4.78 is 7.57. The molecule has 1 aromatic heterocycles. The van der Waals surface area contributed by atoms with Crippen molar-refractivity contribution in [2.75, 3.05) is 33.4 Å². The summed E-state index contributed by atoms with van der Waals surface area (Å²) in [6.07, 6.45) is 0.802. The normalized spacial score (nSPS) is 18.2. The van der Waals surface area contributed by atoms with Crippen molar-refractivity contribution in [3.63, 3.8) is 0 Å². The summed E-state index contributed by atoms with van der Waals surface area (Å²) in [7, 11) is 1.73. The number of piperazine rings is 1. The summed E-state index contributed by atoms with van der Waals surface area (Å²) >= 11 is 0. The highest BCUT2D eigenvalue weighted by Crippen LogP contribution is 2.27. The lowest BCUT2D eigenvalue weighted by molar-refractivity contribution is 0.0496. The number of nitrogens with zero attached hydrogens (tertiary/aromatic N) is 4. The second kappa shape index (κ2) is 9.94. The van der Waals surface area contributed by atoms with E-state index in [0.717, 1.165) is 57.1 Å². The molecule has 1 saturated heterocycles. The Kier molecular flexibility index (Phi) is 7.55. The summed E-state index contributed by atoms with van der Waals surface area (Å²) in [6.45, 7) is 16.8. The topological polar surface area (TPSA) is 53.8 Å². The molecule has 0 saturated carbocycles. The molecule has 6 heteroatoms. The Morgan fingerprint density at radius 3 is 2.50 bits per heavy atom. The number of hydrogen-bond donors (Lipinski definition) is 1. The van der Waals surface area contributed by atoms with Crippen molar-refractivity contribution in [2.45, 2.75) is 66.7 Å². The number of benzene rings is 1. The molecule has 2 heterocycles. The Labute approximate surface area is 181 Å². The first-order valence-corrected chi connectivity index (χ1v) is 11.1. The fraction of sp³-hybridized carbons (Fsp3) is 0.625. The van der Waals surface area contributed by atoms with Crippen LogP contribution in [0.1, 0.15) is 47.0 Å². The van der Waals surface area contributed by atoms with E-state index in [4.69, 9.17) is 4.74 Å². The van der Waals surface area contributed by atoms with Gasteiger partial charge in [-0.25, -0.2) is 0 Å². The molecule has 1 N–H and O–H groups in total. The average Bonchev–Trinajstić information content (AvgIpc) is 3.01. The fourth-order valence-electron chi connectivity index (χ4n) is 4.69. The van der Waals surface area contributed by atoms with Gasteiger partial charge in [0.2, 0.25) is 0 Å². The van der Waals surface area contributed by atoms with E-state index in [1.165, 1.54) is 27.9 Å². The van der Waals surface area contributed by atoms with Crippen LogP contribution in [0.2, 0.25) is 0 Å². The second-order valence-electron chi connectivity index (χ2n) is 8.51. The SMILES string of the molecule is CCn1nc(C)c(CN2CCN(Cc3ccc(OC)c(C)c3C)[C@H](CCO)C2)c1C. The van der Waals surface area contributed by atoms with Crippen LogP contribution in [0.15, 0.2) is 12.1 Å². The molecule has 3 rings (SSSR count). The number of methoxy groups -OCH3 is 1. The summed E-state index contributed by atoms with van der Waals surface area (Å²) in [6, 6.07) is 4.62. The molecule has 1 aliphatic rings. The third-order valence-electron chi connectivity index (χ3n) is 6.81. The number of aliphatic hydroxyl groups excluding tert-OH is 1. The first-order valence-electron chi connectivity index (χ1n) is 11.1. The lowest BCUT2D eigenvalue weighted by atomic mass is 10.00. The fourth-order valence-corrected chi connectivity index (χ4v) is 4.69. The van der Waals surface area contributed by atoms with Crippen LogP contribution >= 0.6 is 0 Å². The van der Waals surface area contributed by atoms with Crippen molar-refractivity contribution in [3.05, 3.63) is 45.8 Å². The molecule has 1 atom stereocenters. The van der Waals surface area contributed by atoms with Crippen LogP contribution in [-0.2, 0) is 19.6 Å². The molecule has 30 heavy (non-hydrogen) atoms. The minimum absolute atomic E-state index is 0.224. The van der Waals surface area contributed by atoms with Crippen LogP contribution in [0.5, 0.6) is 5.75 Å². The van der Waals surface area contributed by atoms with Crippen molar-refractivity contribution < 1.29 is 9.84 Å². The van der Waals surface area contributed by atoms with E-state index in [1.807, 2.05) is 0 Å². The van der Waals surface area contributed by atoms with E-state index >= 15 is 0 Å². The van der Waals surface area contributed by atoms with E-state index in [-0.39, 0.29) is 6.61 Å². The van der Waals surface area contributed by atoms with Gasteiger partial charge in [0.05, 0.1) is 12.8 Å². The van der Waals surface area contributed by atoms with Gasteiger partial charge in [-0.3, -0.25) is 14.5 Å². The van der Waals surface area contributed by atoms with E-state index in [1.54, 1.807) is 7.11 Å². The standard InChI is InChI=1S/C24H38N4O2/c1-7-28-20(5)23(19(4)25-28)16-26-11-12-27(22(15-26)10-13-29)14-21-8-9-24(30-6)18(3)17(21)2/h8-9,22,29H,7,10-16H2,1-6H3/t22-/m1/s1. The zero-order chi connectivity index (χ0) is 21.8. The van der Waals surface area contributed by atoms with Gasteiger partial charge in [-0.2, -0.15) is 5.10 Å². The quantitative estimate of drug-likeness (QED) is 0.719. The maximum atomic E-state index is 9.69. The van der Waals surface area contributed by atoms with Crippen LogP contribution in [0.3, 0.4) is 0 Å². The van der Waals surface area contributed by atoms with Crippen molar-refractivity contribution in [1.29, 1.82) is 0 Å². The average molecular weight is 415 g/mol. The Bertz CT molecular complexity index is 861. The Morgan fingerprint density at radius 2 is 1.87 bits per heavy atom. The van der Waals surface area contributed by atoms with Crippen molar-refractivity contribution in [3.8, 4) is 5.75 Å². The summed E-state index contributed by atoms with van der Waals surface area (Å²) in [5.41, 5.74) is 7.64. The Hall–Kier alpha value is -1.89. The monoisotopic (exact) mass is 414 g/mol. The van der Waals surface area contributed by atoms with Crippen LogP contribution in [0.4, 0.5) is 0 Å². The Balaban J connectivity index is 1.72. The molecule has 0 spiro atoms. The number of aromatic nitrogens is 2. The molecule has 166 valence electrons. The minimum Gasteiger partial charge on any atom is -0.496 e. The highest BCUT2D eigenvalue weighted by molar-refractivity contribution is 5.43. The van der Waals surface area contributed by atoms with Gasteiger partial charge in [-0.15, -0.1) is 0 Å². The van der Waals surface area contributed by atoms with E-state index in [2.05, 4.69) is 66.3 Å². The number of ether oxygens (including phenoxy) is 1. The molecule has 0 bridgehead atoms. The van der Waals surface area contributed by atoms with Gasteiger partial charge in [0.1, 0.15) is 5.75 Å². The largest absolute Gasteiger partial charge is 0.496 e. The first kappa shape index (κ1) is 22.8. The van der Waals surface area contributed by atoms with Gasteiger partial charge in [0.25, 0.3) is 0 Å². The predicted octanol–water partition coefficient (Wildman–Crippen LogP) is 3.21. The zero-order valence-electron chi connectivity index (χ0n) is 19.5. The predicted molar refractivity (Wildman–Crippen MR) is 121 cm³/mol. The van der Waals surface area contributed by atoms with Gasteiger partial charge in [-0.05, 0) is 63.8 Å². The van der Waals surface area contributed by atoms with Gasteiger partial charge in [0, 0.05) is 63.2 Å². The van der Waals surface area contributed by atoms with Gasteiger partial charge >= 0.3 is 0 Å². The van der Waals surface area contributed by atoms with Crippen LogP contribution < -0.4 is 4.74 Å². The molecule has 1 aliphatic heterocycles. The van der Waals surface area contributed by atoms with Gasteiger partial charge in [-0.1, -0.05) is 6.07 Å². The van der Waals surface area contributed by atoms with Crippen molar-refractivity contribution in [1.82, 2.24) is 19.6 Å². The van der Waals surface area contributed by atoms with Crippen molar-refractivity contribution in [2.24, 2.45) is 0 Å². The third-order valence-corrected chi connectivity index (χ3v) is 6.81. The highest BCUT2D eigenvalue weighted by Gasteiger charge is 2.28. The number of aryl methyl sites for hydroxylation is 2. The Morgan fingerprint density at radius 1 is 1.10 bits per heavy atom. The van der Waals surface area contributed by atoms with Crippen molar-refractivity contribution >= 4 is 0 Å². The minimum atomic E-state index is 0.224. The highest BCUT2D eigenvalue weighted by atomic mass is 16.5. The second-order valence-corrected chi connectivity index (χ2v) is 8.51. The van der Waals surface area contributed by atoms with E-state index in [0.29, 0.717) is 6.04 Å². The molecule has 1 aromatic carbocycles. The molecular weight excluding hydrogens is 376 g/mol. The molecule has 1 fully saturated rings. The molecular formula is C24H38N4O2. The molecule has 0 amide bonds. The third kappa shape index (κ3) is 4.71. The van der Waals surface area contributed by atoms with Crippen LogP contribution in [-0.4, -0.2) is 64.1 Å². The molecule has 0 aliphatic carbocycles. The maximum absolute atomic E-state index is 9.69. The number of hydrogen-bond acceptors (Lipinski definition) is 5. The lowest BCUT2D eigenvalue weighted by Gasteiger charge is -2.41. The zero-order valence-corrected chi connectivity index (χ0v) is 19.5. The maximum Gasteiger partial charge on any atom is 0.122 e. The molecule has 0 radical (unpaired) electrons. The summed E-state index contributed by atoms with van der Waals surface area (Å²) in [5.74, 6) is 0.950. The number of aliphatic hydroxyl groups is 1. The van der Waals surface area contributed by atoms with Crippen LogP contribution in [0.25, 0.3) is 0 Å². The lowest BCUT2D eigenvalue weighted by Crippen LogP contribution is -2.52. The first-order chi connectivity index (χ1) is 14.4. The molecule has 2 aromatic rings. The molecule has 0 unspecified atom stereocenters. The number of rotatable bonds is 8. The summed E-state index contributed by atoms with van der Waals surface area (Å²) in [4.78, 5) is 5.07. The molecule has 6 nitrogen and oxygen atoms in total.